The number of carbonyl (C=O) groups excluding carboxylic acids is 4. The SMILES string of the molecule is COCC(=O)NCCN(CCNC(=O)COC)C(=O)c1c#cc(CNC(=O)C(C)(C)C)cc1. The fourth-order valence-electron chi connectivity index (χ4n) is 2.59. The first-order chi connectivity index (χ1) is 15.6. The zero-order chi connectivity index (χ0) is 24.9. The van der Waals surface area contributed by atoms with Crippen LogP contribution in [0.15, 0.2) is 12.1 Å². The molecule has 3 N–H and O–H groups in total. The summed E-state index contributed by atoms with van der Waals surface area (Å²) in [5, 5.41) is 8.15. The molecule has 0 aromatic heterocycles. The first-order valence-electron chi connectivity index (χ1n) is 10.6. The van der Waals surface area contributed by atoms with E-state index < -0.39 is 5.41 Å². The molecule has 0 aliphatic rings. The Kier molecular flexibility index (Phi) is 11.9. The van der Waals surface area contributed by atoms with Gasteiger partial charge in [0.15, 0.2) is 0 Å². The van der Waals surface area contributed by atoms with Gasteiger partial charge >= 0.3 is 0 Å². The van der Waals surface area contributed by atoms with Crippen LogP contribution in [0.5, 0.6) is 0 Å². The summed E-state index contributed by atoms with van der Waals surface area (Å²) < 4.78 is 9.54. The quantitative estimate of drug-likeness (QED) is 0.376. The van der Waals surface area contributed by atoms with Crippen LogP contribution in [0.3, 0.4) is 0 Å². The van der Waals surface area contributed by atoms with Gasteiger partial charge in [0.25, 0.3) is 5.91 Å². The number of hydrogen-bond acceptors (Lipinski definition) is 6. The van der Waals surface area contributed by atoms with Crippen LogP contribution in [0.4, 0.5) is 0 Å². The van der Waals surface area contributed by atoms with Crippen LogP contribution in [0, 0.1) is 17.5 Å². The standard InChI is InChI=1S/C23H34N4O6/c1-23(2,3)22(31)26-14-17-6-8-18(9-7-17)21(30)27(12-10-24-19(28)15-32-4)13-11-25-20(29)16-33-5/h6,8H,10-16H2,1-5H3,(H,24,28)(H,25,29)(H,26,31). The first kappa shape index (κ1) is 27.9. The van der Waals surface area contributed by atoms with Gasteiger partial charge in [-0.2, -0.15) is 0 Å². The molecular formula is C23H34N4O6. The Hall–Kier alpha value is -3.16. The van der Waals surface area contributed by atoms with E-state index in [1.165, 1.54) is 19.1 Å². The molecule has 0 spiro atoms. The molecule has 10 nitrogen and oxygen atoms in total. The molecule has 0 unspecified atom stereocenters. The molecule has 0 fully saturated rings. The zero-order valence-corrected chi connectivity index (χ0v) is 20.0. The Balaban J connectivity index is 2.75. The van der Waals surface area contributed by atoms with Crippen LogP contribution < -0.4 is 16.0 Å². The Morgan fingerprint density at radius 2 is 1.42 bits per heavy atom. The smallest absolute Gasteiger partial charge is 0.262 e. The molecule has 0 aliphatic heterocycles. The number of methoxy groups -OCH3 is 2. The first-order valence-corrected chi connectivity index (χ1v) is 10.6. The normalized spacial score (nSPS) is 10.7. The monoisotopic (exact) mass is 462 g/mol. The molecule has 1 aromatic rings. The minimum Gasteiger partial charge on any atom is -0.375 e. The Bertz CT molecular complexity index is 765. The van der Waals surface area contributed by atoms with E-state index in [2.05, 4.69) is 28.1 Å². The van der Waals surface area contributed by atoms with Gasteiger partial charge in [-0.15, -0.1) is 0 Å². The predicted molar refractivity (Wildman–Crippen MR) is 121 cm³/mol. The van der Waals surface area contributed by atoms with Crippen molar-refractivity contribution in [1.82, 2.24) is 20.9 Å². The Morgan fingerprint density at radius 1 is 0.879 bits per heavy atom. The van der Waals surface area contributed by atoms with Crippen LogP contribution in [0.1, 0.15) is 36.7 Å². The minimum atomic E-state index is -0.503. The molecule has 0 atom stereocenters. The highest BCUT2D eigenvalue weighted by atomic mass is 16.5. The van der Waals surface area contributed by atoms with Gasteiger partial charge in [-0.25, -0.2) is 0 Å². The van der Waals surface area contributed by atoms with E-state index in [9.17, 15) is 19.2 Å². The van der Waals surface area contributed by atoms with Crippen molar-refractivity contribution in [3.8, 4) is 0 Å². The van der Waals surface area contributed by atoms with E-state index in [0.717, 1.165) is 0 Å². The second kappa shape index (κ2) is 14.1. The summed E-state index contributed by atoms with van der Waals surface area (Å²) in [6, 6.07) is 9.05. The number of hydrogen-bond donors (Lipinski definition) is 3. The Morgan fingerprint density at radius 3 is 1.85 bits per heavy atom. The lowest BCUT2D eigenvalue weighted by Crippen LogP contribution is -2.43. The minimum absolute atomic E-state index is 0.0724. The maximum Gasteiger partial charge on any atom is 0.262 e. The average molecular weight is 463 g/mol. The van der Waals surface area contributed by atoms with Crippen molar-refractivity contribution in [2.24, 2.45) is 5.41 Å². The van der Waals surface area contributed by atoms with E-state index in [0.29, 0.717) is 5.56 Å². The third-order valence-electron chi connectivity index (χ3n) is 4.41. The highest BCUT2D eigenvalue weighted by molar-refractivity contribution is 5.93. The van der Waals surface area contributed by atoms with Gasteiger partial charge < -0.3 is 30.3 Å². The van der Waals surface area contributed by atoms with Gasteiger partial charge in [0, 0.05) is 51.4 Å². The molecule has 33 heavy (non-hydrogen) atoms. The topological polar surface area (TPSA) is 126 Å². The van der Waals surface area contributed by atoms with Crippen LogP contribution >= 0.6 is 0 Å². The maximum atomic E-state index is 13.0. The summed E-state index contributed by atoms with van der Waals surface area (Å²) in [5.41, 5.74) is 0.471. The second-order valence-corrected chi connectivity index (χ2v) is 8.31. The van der Waals surface area contributed by atoms with Crippen molar-refractivity contribution in [3.63, 3.8) is 0 Å². The summed E-state index contributed by atoms with van der Waals surface area (Å²) in [6.07, 6.45) is 0. The molecule has 0 saturated carbocycles. The van der Waals surface area contributed by atoms with Gasteiger partial charge in [-0.1, -0.05) is 32.9 Å². The number of nitrogens with zero attached hydrogens (tertiary/aromatic N) is 1. The van der Waals surface area contributed by atoms with E-state index in [4.69, 9.17) is 9.47 Å². The molecule has 182 valence electrons. The average Bonchev–Trinajstić information content (AvgIpc) is 2.76. The van der Waals surface area contributed by atoms with Crippen LogP contribution in [-0.4, -0.2) is 82.1 Å². The van der Waals surface area contributed by atoms with E-state index >= 15 is 0 Å². The molecule has 4 amide bonds. The van der Waals surface area contributed by atoms with E-state index in [-0.39, 0.29) is 75.1 Å². The largest absolute Gasteiger partial charge is 0.375 e. The van der Waals surface area contributed by atoms with Crippen molar-refractivity contribution in [3.05, 3.63) is 35.4 Å². The molecular weight excluding hydrogens is 428 g/mol. The fourth-order valence-corrected chi connectivity index (χ4v) is 2.59. The second-order valence-electron chi connectivity index (χ2n) is 8.31. The molecule has 0 aliphatic carbocycles. The molecule has 0 heterocycles. The van der Waals surface area contributed by atoms with Crippen LogP contribution in [0.2, 0.25) is 0 Å². The molecule has 10 heteroatoms. The van der Waals surface area contributed by atoms with E-state index in [1.807, 2.05) is 20.8 Å². The van der Waals surface area contributed by atoms with Gasteiger partial charge in [0.2, 0.25) is 17.7 Å². The number of nitrogens with one attached hydrogen (secondary N) is 3. The highest BCUT2D eigenvalue weighted by Crippen LogP contribution is 2.13. The summed E-state index contributed by atoms with van der Waals surface area (Å²) >= 11 is 0. The molecule has 1 rings (SSSR count). The van der Waals surface area contributed by atoms with Gasteiger partial charge in [-0.3, -0.25) is 19.2 Å². The lowest BCUT2D eigenvalue weighted by Gasteiger charge is -2.23. The van der Waals surface area contributed by atoms with Crippen molar-refractivity contribution in [1.29, 1.82) is 0 Å². The van der Waals surface area contributed by atoms with Crippen LogP contribution in [-0.2, 0) is 30.4 Å². The summed E-state index contributed by atoms with van der Waals surface area (Å²) in [6.45, 7) is 6.51. The number of rotatable bonds is 13. The zero-order valence-electron chi connectivity index (χ0n) is 20.0. The third-order valence-corrected chi connectivity index (χ3v) is 4.41. The highest BCUT2D eigenvalue weighted by Gasteiger charge is 2.21. The molecule has 1 aromatic carbocycles. The summed E-state index contributed by atoms with van der Waals surface area (Å²) in [7, 11) is 2.84. The van der Waals surface area contributed by atoms with Gasteiger partial charge in [0.05, 0.1) is 12.1 Å². The number of carbonyl (C=O) groups is 4. The van der Waals surface area contributed by atoms with E-state index in [1.54, 1.807) is 12.1 Å². The van der Waals surface area contributed by atoms with Crippen molar-refractivity contribution in [2.75, 3.05) is 53.6 Å². The molecule has 0 radical (unpaired) electrons. The van der Waals surface area contributed by atoms with Crippen molar-refractivity contribution >= 4 is 23.6 Å². The maximum absolute atomic E-state index is 13.0. The van der Waals surface area contributed by atoms with Crippen LogP contribution in [0.25, 0.3) is 0 Å². The van der Waals surface area contributed by atoms with Gasteiger partial charge in [-0.05, 0) is 12.1 Å². The lowest BCUT2D eigenvalue weighted by molar-refractivity contribution is -0.128. The lowest BCUT2D eigenvalue weighted by atomic mass is 9.95. The third kappa shape index (κ3) is 10.8. The Labute approximate surface area is 195 Å². The van der Waals surface area contributed by atoms with Crippen molar-refractivity contribution in [2.45, 2.75) is 27.3 Å². The number of amides is 4. The summed E-state index contributed by atoms with van der Waals surface area (Å²) in [5.74, 6) is -0.994. The predicted octanol–water partition coefficient (Wildman–Crippen LogP) is -0.0833. The van der Waals surface area contributed by atoms with Crippen molar-refractivity contribution < 1.29 is 28.7 Å². The number of ether oxygens (including phenoxy) is 2. The summed E-state index contributed by atoms with van der Waals surface area (Å²) in [4.78, 5) is 49.7. The molecule has 0 saturated heterocycles. The van der Waals surface area contributed by atoms with Gasteiger partial charge in [0.1, 0.15) is 13.2 Å². The molecule has 0 bridgehead atoms. The fraction of sp³-hybridized carbons (Fsp3) is 0.565.